The van der Waals surface area contributed by atoms with Gasteiger partial charge in [0.05, 0.1) is 38.0 Å². The van der Waals surface area contributed by atoms with Gasteiger partial charge in [-0.2, -0.15) is 0 Å². The minimum absolute atomic E-state index is 0.376. The first-order chi connectivity index (χ1) is 24.8. The summed E-state index contributed by atoms with van der Waals surface area (Å²) in [5.74, 6) is 0. The van der Waals surface area contributed by atoms with Gasteiger partial charge in [-0.3, -0.25) is 0 Å². The fourth-order valence-corrected chi connectivity index (χ4v) is 11.0. The Kier molecular flexibility index (Phi) is 6.20. The average Bonchev–Trinajstić information content (AvgIpc) is 3.17. The SMILES string of the molecule is CC1(C)c2ccccc2S(=O)(=O)c2ccc(N3c4ccccc4C4(c5ccccc5N(c5ccccc5)c5ccccc54)c4ccccc43)cc21. The molecule has 246 valence electrons. The zero-order valence-corrected chi connectivity index (χ0v) is 29.1. The molecule has 0 amide bonds. The highest BCUT2D eigenvalue weighted by molar-refractivity contribution is 7.91. The Labute approximate surface area is 298 Å². The third-order valence-electron chi connectivity index (χ3n) is 11.2. The van der Waals surface area contributed by atoms with E-state index in [1.165, 1.54) is 22.3 Å². The lowest BCUT2D eigenvalue weighted by atomic mass is 9.60. The van der Waals surface area contributed by atoms with Crippen molar-refractivity contribution in [1.29, 1.82) is 0 Å². The molecule has 4 nitrogen and oxygen atoms in total. The summed E-state index contributed by atoms with van der Waals surface area (Å²) in [4.78, 5) is 5.48. The number of hydrogen-bond donors (Lipinski definition) is 0. The van der Waals surface area contributed by atoms with E-state index < -0.39 is 20.7 Å². The summed E-state index contributed by atoms with van der Waals surface area (Å²) >= 11 is 0. The number of para-hydroxylation sites is 5. The Morgan fingerprint density at radius 3 is 1.29 bits per heavy atom. The van der Waals surface area contributed by atoms with Gasteiger partial charge in [0.25, 0.3) is 0 Å². The van der Waals surface area contributed by atoms with Crippen LogP contribution in [0.1, 0.15) is 47.2 Å². The summed E-state index contributed by atoms with van der Waals surface area (Å²) in [6.07, 6.45) is 0. The molecule has 51 heavy (non-hydrogen) atoms. The number of hydrogen-bond acceptors (Lipinski definition) is 4. The first-order valence-corrected chi connectivity index (χ1v) is 18.9. The third-order valence-corrected chi connectivity index (χ3v) is 13.1. The molecule has 0 radical (unpaired) electrons. The molecule has 7 aromatic carbocycles. The van der Waals surface area contributed by atoms with Crippen molar-refractivity contribution in [2.45, 2.75) is 34.5 Å². The fraction of sp³-hybridized carbons (Fsp3) is 0.0870. The van der Waals surface area contributed by atoms with Crippen LogP contribution >= 0.6 is 0 Å². The van der Waals surface area contributed by atoms with Crippen molar-refractivity contribution in [3.05, 3.63) is 203 Å². The van der Waals surface area contributed by atoms with Gasteiger partial charge in [0.1, 0.15) is 0 Å². The summed E-state index contributed by atoms with van der Waals surface area (Å²) < 4.78 is 28.0. The standard InChI is InChI=1S/C46H34N2O2S/c1-45(2)37-22-10-15-27-43(37)51(49,50)44-29-28-32(30-38(44)45)48-41-25-13-8-20-35(41)46(36-21-9-14-26-42(36)48)33-18-6-11-23-39(33)47(31-16-4-3-5-17-31)40-24-12-7-19-34(40)46/h3-30H,1-2H3. The van der Waals surface area contributed by atoms with Gasteiger partial charge >= 0.3 is 0 Å². The van der Waals surface area contributed by atoms with E-state index in [1.807, 2.05) is 30.3 Å². The molecule has 3 aliphatic heterocycles. The summed E-state index contributed by atoms with van der Waals surface area (Å²) in [6.45, 7) is 4.26. The maximum absolute atomic E-state index is 14.0. The van der Waals surface area contributed by atoms with Crippen LogP contribution in [0.2, 0.25) is 0 Å². The van der Waals surface area contributed by atoms with E-state index in [4.69, 9.17) is 0 Å². The van der Waals surface area contributed by atoms with Gasteiger partial charge in [0.2, 0.25) is 9.84 Å². The molecule has 1 spiro atoms. The highest BCUT2D eigenvalue weighted by Crippen LogP contribution is 2.64. The van der Waals surface area contributed by atoms with Crippen LogP contribution in [0.25, 0.3) is 0 Å². The Morgan fingerprint density at radius 2 is 0.784 bits per heavy atom. The van der Waals surface area contributed by atoms with Crippen molar-refractivity contribution >= 4 is 44.0 Å². The Balaban J connectivity index is 1.26. The molecule has 0 saturated heterocycles. The van der Waals surface area contributed by atoms with Gasteiger partial charge in [-0.1, -0.05) is 123 Å². The zero-order chi connectivity index (χ0) is 34.5. The molecule has 0 aromatic heterocycles. The Bertz CT molecular complexity index is 2570. The maximum Gasteiger partial charge on any atom is 0.207 e. The highest BCUT2D eigenvalue weighted by Gasteiger charge is 2.52. The molecule has 0 unspecified atom stereocenters. The van der Waals surface area contributed by atoms with E-state index in [0.717, 1.165) is 45.3 Å². The average molecular weight is 679 g/mol. The van der Waals surface area contributed by atoms with E-state index in [1.54, 1.807) is 6.07 Å². The minimum atomic E-state index is -3.68. The van der Waals surface area contributed by atoms with Crippen LogP contribution in [0.4, 0.5) is 34.1 Å². The molecule has 0 bridgehead atoms. The van der Waals surface area contributed by atoms with Gasteiger partial charge in [-0.25, -0.2) is 8.42 Å². The number of rotatable bonds is 2. The summed E-state index contributed by atoms with van der Waals surface area (Å²) in [7, 11) is -3.68. The number of sulfone groups is 1. The van der Waals surface area contributed by atoms with E-state index in [-0.39, 0.29) is 0 Å². The smallest absolute Gasteiger partial charge is 0.207 e. The largest absolute Gasteiger partial charge is 0.310 e. The van der Waals surface area contributed by atoms with Crippen LogP contribution in [0.5, 0.6) is 0 Å². The summed E-state index contributed by atoms with van der Waals surface area (Å²) in [6, 6.07) is 59.0. The Morgan fingerprint density at radius 1 is 0.392 bits per heavy atom. The quantitative estimate of drug-likeness (QED) is 0.182. The van der Waals surface area contributed by atoms with E-state index >= 15 is 0 Å². The first-order valence-electron chi connectivity index (χ1n) is 17.4. The second-order valence-electron chi connectivity index (χ2n) is 14.1. The third kappa shape index (κ3) is 3.87. The van der Waals surface area contributed by atoms with Crippen molar-refractivity contribution in [2.75, 3.05) is 9.80 Å². The molecule has 0 atom stereocenters. The first kappa shape index (κ1) is 30.0. The summed E-state index contributed by atoms with van der Waals surface area (Å²) in [5.41, 5.74) is 11.7. The molecule has 0 saturated carbocycles. The molecule has 0 fully saturated rings. The topological polar surface area (TPSA) is 40.6 Å². The minimum Gasteiger partial charge on any atom is -0.310 e. The molecule has 0 N–H and O–H groups in total. The monoisotopic (exact) mass is 678 g/mol. The van der Waals surface area contributed by atoms with Crippen LogP contribution in [0.3, 0.4) is 0 Å². The van der Waals surface area contributed by atoms with Crippen LogP contribution in [-0.2, 0) is 20.7 Å². The van der Waals surface area contributed by atoms with Crippen LogP contribution in [-0.4, -0.2) is 8.42 Å². The number of fused-ring (bicyclic) bond motifs is 10. The molecule has 0 aliphatic carbocycles. The molecular formula is C46H34N2O2S. The maximum atomic E-state index is 14.0. The van der Waals surface area contributed by atoms with Crippen molar-refractivity contribution in [1.82, 2.24) is 0 Å². The number of benzene rings is 7. The molecule has 3 aliphatic rings. The lowest BCUT2D eigenvalue weighted by molar-refractivity contribution is 0.555. The van der Waals surface area contributed by atoms with Gasteiger partial charge in [0, 0.05) is 16.8 Å². The Hall–Kier alpha value is -5.91. The normalized spacial score (nSPS) is 16.6. The number of nitrogens with zero attached hydrogens (tertiary/aromatic N) is 2. The zero-order valence-electron chi connectivity index (χ0n) is 28.3. The molecular weight excluding hydrogens is 645 g/mol. The van der Waals surface area contributed by atoms with Crippen molar-refractivity contribution < 1.29 is 8.42 Å². The fourth-order valence-electron chi connectivity index (χ4n) is 9.07. The molecule has 3 heterocycles. The van der Waals surface area contributed by atoms with Crippen molar-refractivity contribution in [3.63, 3.8) is 0 Å². The lowest BCUT2D eigenvalue weighted by Gasteiger charge is -2.51. The predicted molar refractivity (Wildman–Crippen MR) is 205 cm³/mol. The van der Waals surface area contributed by atoms with Gasteiger partial charge in [-0.15, -0.1) is 0 Å². The van der Waals surface area contributed by atoms with Crippen LogP contribution < -0.4 is 9.80 Å². The van der Waals surface area contributed by atoms with Gasteiger partial charge < -0.3 is 9.80 Å². The van der Waals surface area contributed by atoms with Crippen molar-refractivity contribution in [2.24, 2.45) is 0 Å². The highest BCUT2D eigenvalue weighted by atomic mass is 32.2. The van der Waals surface area contributed by atoms with E-state index in [9.17, 15) is 8.42 Å². The van der Waals surface area contributed by atoms with Gasteiger partial charge in [0.15, 0.2) is 0 Å². The number of anilines is 6. The summed E-state index contributed by atoms with van der Waals surface area (Å²) in [5, 5.41) is 0. The van der Waals surface area contributed by atoms with E-state index in [0.29, 0.717) is 9.79 Å². The lowest BCUT2D eigenvalue weighted by Crippen LogP contribution is -2.42. The van der Waals surface area contributed by atoms with Crippen LogP contribution in [0.15, 0.2) is 180 Å². The predicted octanol–water partition coefficient (Wildman–Crippen LogP) is 11.1. The molecule has 10 rings (SSSR count). The second kappa shape index (κ2) is 10.5. The molecule has 7 aromatic rings. The van der Waals surface area contributed by atoms with E-state index in [2.05, 4.69) is 157 Å². The van der Waals surface area contributed by atoms with Gasteiger partial charge in [-0.05, 0) is 94.0 Å². The molecule has 5 heteroatoms. The second-order valence-corrected chi connectivity index (χ2v) is 16.0. The van der Waals surface area contributed by atoms with Crippen molar-refractivity contribution in [3.8, 4) is 0 Å². The van der Waals surface area contributed by atoms with Crippen LogP contribution in [0, 0.1) is 0 Å².